The van der Waals surface area contributed by atoms with E-state index in [4.69, 9.17) is 9.47 Å². The lowest BCUT2D eigenvalue weighted by Gasteiger charge is -2.34. The van der Waals surface area contributed by atoms with Crippen LogP contribution in [0.3, 0.4) is 0 Å². The van der Waals surface area contributed by atoms with Crippen molar-refractivity contribution in [2.24, 2.45) is 0 Å². The standard InChI is InChI=1S/C20H20N4O6/c25-19(11-14-3-1-2-4-21-14)22-5-7-23(8-6-22)20(26)15-12-17-18(30-10-9-29-17)13-16(15)24(27)28/h1-4,12-13H,5-11H2. The summed E-state index contributed by atoms with van der Waals surface area (Å²) in [6.07, 6.45) is 1.84. The van der Waals surface area contributed by atoms with Crippen molar-refractivity contribution < 1.29 is 24.0 Å². The topological polar surface area (TPSA) is 115 Å². The Labute approximate surface area is 172 Å². The smallest absolute Gasteiger partial charge is 0.286 e. The van der Waals surface area contributed by atoms with E-state index in [-0.39, 0.29) is 29.3 Å². The summed E-state index contributed by atoms with van der Waals surface area (Å²) in [6, 6.07) is 8.00. The zero-order chi connectivity index (χ0) is 21.1. The Bertz CT molecular complexity index is 973. The predicted molar refractivity (Wildman–Crippen MR) is 105 cm³/mol. The number of benzene rings is 1. The van der Waals surface area contributed by atoms with Gasteiger partial charge in [-0.15, -0.1) is 0 Å². The minimum Gasteiger partial charge on any atom is -0.486 e. The maximum atomic E-state index is 13.0. The van der Waals surface area contributed by atoms with Crippen LogP contribution in [0.4, 0.5) is 5.69 Å². The van der Waals surface area contributed by atoms with Crippen molar-refractivity contribution in [3.8, 4) is 11.5 Å². The molecule has 1 saturated heterocycles. The van der Waals surface area contributed by atoms with Gasteiger partial charge >= 0.3 is 0 Å². The SMILES string of the molecule is O=C(Cc1ccccn1)N1CCN(C(=O)c2cc3c(cc2[N+](=O)[O-])OCCO3)CC1. The Balaban J connectivity index is 1.44. The number of fused-ring (bicyclic) bond motifs is 1. The number of hydrogen-bond acceptors (Lipinski definition) is 7. The molecule has 1 aromatic heterocycles. The normalized spacial score (nSPS) is 15.6. The molecule has 0 atom stereocenters. The molecule has 2 aliphatic rings. The van der Waals surface area contributed by atoms with Crippen LogP contribution >= 0.6 is 0 Å². The van der Waals surface area contributed by atoms with Crippen molar-refractivity contribution in [3.05, 3.63) is 57.9 Å². The predicted octanol–water partition coefficient (Wildman–Crippen LogP) is 1.29. The van der Waals surface area contributed by atoms with E-state index in [9.17, 15) is 19.7 Å². The third-order valence-corrected chi connectivity index (χ3v) is 5.07. The molecule has 2 aliphatic heterocycles. The highest BCUT2D eigenvalue weighted by molar-refractivity contribution is 5.99. The second-order valence-corrected chi connectivity index (χ2v) is 6.94. The molecule has 0 saturated carbocycles. The number of piperazine rings is 1. The molecule has 2 amide bonds. The van der Waals surface area contributed by atoms with Crippen molar-refractivity contribution in [1.82, 2.24) is 14.8 Å². The number of rotatable bonds is 4. The van der Waals surface area contributed by atoms with Crippen LogP contribution in [0.25, 0.3) is 0 Å². The van der Waals surface area contributed by atoms with Crippen molar-refractivity contribution in [2.75, 3.05) is 39.4 Å². The number of aromatic nitrogens is 1. The van der Waals surface area contributed by atoms with Crippen LogP contribution in [0.5, 0.6) is 11.5 Å². The molecule has 0 radical (unpaired) electrons. The maximum absolute atomic E-state index is 13.0. The highest BCUT2D eigenvalue weighted by Gasteiger charge is 2.31. The van der Waals surface area contributed by atoms with Gasteiger partial charge in [0.25, 0.3) is 11.6 Å². The van der Waals surface area contributed by atoms with E-state index < -0.39 is 10.8 Å². The van der Waals surface area contributed by atoms with Crippen molar-refractivity contribution in [3.63, 3.8) is 0 Å². The first-order valence-corrected chi connectivity index (χ1v) is 9.58. The minimum atomic E-state index is -0.599. The highest BCUT2D eigenvalue weighted by Crippen LogP contribution is 2.37. The fourth-order valence-electron chi connectivity index (χ4n) is 3.50. The van der Waals surface area contributed by atoms with Crippen molar-refractivity contribution >= 4 is 17.5 Å². The van der Waals surface area contributed by atoms with Gasteiger partial charge in [0.15, 0.2) is 11.5 Å². The molecule has 0 spiro atoms. The average Bonchev–Trinajstić information content (AvgIpc) is 2.78. The molecule has 2 aromatic rings. The van der Waals surface area contributed by atoms with E-state index in [2.05, 4.69) is 4.98 Å². The highest BCUT2D eigenvalue weighted by atomic mass is 16.6. The lowest BCUT2D eigenvalue weighted by atomic mass is 10.1. The van der Waals surface area contributed by atoms with Gasteiger partial charge in [-0.25, -0.2) is 0 Å². The zero-order valence-corrected chi connectivity index (χ0v) is 16.2. The molecule has 0 N–H and O–H groups in total. The van der Waals surface area contributed by atoms with Gasteiger partial charge < -0.3 is 19.3 Å². The third kappa shape index (κ3) is 4.02. The average molecular weight is 412 g/mol. The number of amides is 2. The summed E-state index contributed by atoms with van der Waals surface area (Å²) < 4.78 is 10.8. The largest absolute Gasteiger partial charge is 0.486 e. The monoisotopic (exact) mass is 412 g/mol. The van der Waals surface area contributed by atoms with Gasteiger partial charge in [0.05, 0.1) is 17.4 Å². The molecule has 4 rings (SSSR count). The summed E-state index contributed by atoms with van der Waals surface area (Å²) in [7, 11) is 0. The fourth-order valence-corrected chi connectivity index (χ4v) is 3.50. The van der Waals surface area contributed by atoms with E-state index in [1.54, 1.807) is 23.2 Å². The Morgan fingerprint density at radius 3 is 2.33 bits per heavy atom. The van der Waals surface area contributed by atoms with E-state index in [0.29, 0.717) is 50.8 Å². The summed E-state index contributed by atoms with van der Waals surface area (Å²) >= 11 is 0. The van der Waals surface area contributed by atoms with Gasteiger partial charge in [0.2, 0.25) is 5.91 Å². The molecule has 156 valence electrons. The van der Waals surface area contributed by atoms with Crippen LogP contribution in [0.15, 0.2) is 36.5 Å². The molecule has 10 nitrogen and oxygen atoms in total. The molecular weight excluding hydrogens is 392 g/mol. The quantitative estimate of drug-likeness (QED) is 0.549. The fraction of sp³-hybridized carbons (Fsp3) is 0.350. The Hall–Kier alpha value is -3.69. The lowest BCUT2D eigenvalue weighted by Crippen LogP contribution is -2.51. The molecule has 3 heterocycles. The van der Waals surface area contributed by atoms with Crippen LogP contribution < -0.4 is 9.47 Å². The van der Waals surface area contributed by atoms with E-state index in [0.717, 1.165) is 0 Å². The van der Waals surface area contributed by atoms with Crippen LogP contribution in [0, 0.1) is 10.1 Å². The molecule has 1 fully saturated rings. The number of carbonyl (C=O) groups is 2. The Morgan fingerprint density at radius 1 is 1.03 bits per heavy atom. The third-order valence-electron chi connectivity index (χ3n) is 5.07. The number of hydrogen-bond donors (Lipinski definition) is 0. The van der Waals surface area contributed by atoms with Gasteiger partial charge in [0.1, 0.15) is 18.8 Å². The number of ether oxygens (including phenoxy) is 2. The van der Waals surface area contributed by atoms with Crippen molar-refractivity contribution in [1.29, 1.82) is 0 Å². The molecule has 30 heavy (non-hydrogen) atoms. The number of nitrogens with zero attached hydrogens (tertiary/aromatic N) is 4. The van der Waals surface area contributed by atoms with Gasteiger partial charge in [-0.05, 0) is 12.1 Å². The zero-order valence-electron chi connectivity index (χ0n) is 16.2. The summed E-state index contributed by atoms with van der Waals surface area (Å²) in [4.78, 5) is 43.7. The second-order valence-electron chi connectivity index (χ2n) is 6.94. The summed E-state index contributed by atoms with van der Waals surface area (Å²) in [6.45, 7) is 1.91. The number of nitro benzene ring substituents is 1. The molecule has 1 aromatic carbocycles. The van der Waals surface area contributed by atoms with Crippen LogP contribution in [-0.2, 0) is 11.2 Å². The van der Waals surface area contributed by atoms with Crippen molar-refractivity contribution in [2.45, 2.75) is 6.42 Å². The van der Waals surface area contributed by atoms with Gasteiger partial charge in [-0.3, -0.25) is 24.7 Å². The first kappa shape index (κ1) is 19.6. The second kappa shape index (κ2) is 8.36. The molecule has 0 bridgehead atoms. The van der Waals surface area contributed by atoms with Crippen LogP contribution in [0.2, 0.25) is 0 Å². The summed E-state index contributed by atoms with van der Waals surface area (Å²) in [5, 5.41) is 11.5. The first-order chi connectivity index (χ1) is 14.5. The Kier molecular flexibility index (Phi) is 5.46. The van der Waals surface area contributed by atoms with E-state index in [1.165, 1.54) is 17.0 Å². The maximum Gasteiger partial charge on any atom is 0.286 e. The number of nitro groups is 1. The van der Waals surface area contributed by atoms with Gasteiger partial charge in [-0.2, -0.15) is 0 Å². The molecule has 0 aliphatic carbocycles. The summed E-state index contributed by atoms with van der Waals surface area (Å²) in [5.41, 5.74) is 0.323. The molecule has 0 unspecified atom stereocenters. The number of carbonyl (C=O) groups excluding carboxylic acids is 2. The minimum absolute atomic E-state index is 0.0440. The lowest BCUT2D eigenvalue weighted by molar-refractivity contribution is -0.385. The molecular formula is C20H20N4O6. The Morgan fingerprint density at radius 2 is 1.70 bits per heavy atom. The van der Waals surface area contributed by atoms with Gasteiger partial charge in [0, 0.05) is 44.1 Å². The number of pyridine rings is 1. The summed E-state index contributed by atoms with van der Waals surface area (Å²) in [5.74, 6) is 0.0513. The van der Waals surface area contributed by atoms with Crippen LogP contribution in [0.1, 0.15) is 16.1 Å². The van der Waals surface area contributed by atoms with E-state index >= 15 is 0 Å². The molecule has 10 heteroatoms. The van der Waals surface area contributed by atoms with Crippen LogP contribution in [-0.4, -0.2) is 70.9 Å². The van der Waals surface area contributed by atoms with Gasteiger partial charge in [-0.1, -0.05) is 6.07 Å². The first-order valence-electron chi connectivity index (χ1n) is 9.58. The van der Waals surface area contributed by atoms with E-state index in [1.807, 2.05) is 6.07 Å².